The number of nitrogens with two attached hydrogens (primary N) is 1. The number of halogens is 1. The standard InChI is InChI=1S/C13H12BrN3S/c14-10-4-6-18-13(10)7-11(15)9-8-16-17-5-2-1-3-12(9)17/h1-6,8,11H,7,15H2. The molecule has 1 unspecified atom stereocenters. The molecule has 0 aliphatic carbocycles. The summed E-state index contributed by atoms with van der Waals surface area (Å²) in [5.74, 6) is 0. The Morgan fingerprint density at radius 2 is 2.28 bits per heavy atom. The van der Waals surface area contributed by atoms with Crippen molar-refractivity contribution in [1.29, 1.82) is 0 Å². The maximum atomic E-state index is 6.30. The van der Waals surface area contributed by atoms with Crippen molar-refractivity contribution < 1.29 is 0 Å². The maximum absolute atomic E-state index is 6.30. The lowest BCUT2D eigenvalue weighted by molar-refractivity contribution is 0.734. The number of thiophene rings is 1. The average molecular weight is 322 g/mol. The zero-order chi connectivity index (χ0) is 12.5. The highest BCUT2D eigenvalue weighted by molar-refractivity contribution is 9.10. The molecule has 3 aromatic heterocycles. The minimum absolute atomic E-state index is 0.0279. The molecule has 0 aromatic carbocycles. The first kappa shape index (κ1) is 11.9. The number of rotatable bonds is 3. The fraction of sp³-hybridized carbons (Fsp3) is 0.154. The van der Waals surface area contributed by atoms with E-state index in [0.717, 1.165) is 22.0 Å². The van der Waals surface area contributed by atoms with Gasteiger partial charge in [-0.3, -0.25) is 0 Å². The Labute approximate surface area is 117 Å². The van der Waals surface area contributed by atoms with Gasteiger partial charge in [0, 0.05) is 33.6 Å². The number of fused-ring (bicyclic) bond motifs is 1. The molecule has 0 amide bonds. The Morgan fingerprint density at radius 1 is 1.39 bits per heavy atom. The van der Waals surface area contributed by atoms with Gasteiger partial charge >= 0.3 is 0 Å². The summed E-state index contributed by atoms with van der Waals surface area (Å²) in [6, 6.07) is 8.05. The third-order valence-corrected chi connectivity index (χ3v) is 4.90. The summed E-state index contributed by atoms with van der Waals surface area (Å²) < 4.78 is 3.00. The quantitative estimate of drug-likeness (QED) is 0.803. The topological polar surface area (TPSA) is 43.3 Å². The summed E-state index contributed by atoms with van der Waals surface area (Å²) in [4.78, 5) is 1.28. The van der Waals surface area contributed by atoms with Gasteiger partial charge in [0.15, 0.2) is 0 Å². The van der Waals surface area contributed by atoms with Crippen LogP contribution in [0.5, 0.6) is 0 Å². The van der Waals surface area contributed by atoms with Gasteiger partial charge in [-0.05, 0) is 39.5 Å². The Morgan fingerprint density at radius 3 is 3.06 bits per heavy atom. The van der Waals surface area contributed by atoms with Crippen LogP contribution in [0.15, 0.2) is 46.5 Å². The molecule has 18 heavy (non-hydrogen) atoms. The predicted molar refractivity (Wildman–Crippen MR) is 77.8 cm³/mol. The third kappa shape index (κ3) is 2.09. The second kappa shape index (κ2) is 4.84. The minimum Gasteiger partial charge on any atom is -0.324 e. The zero-order valence-corrected chi connectivity index (χ0v) is 12.0. The SMILES string of the molecule is NC(Cc1sccc1Br)c1cnn2ccccc12. The van der Waals surface area contributed by atoms with Gasteiger partial charge < -0.3 is 5.73 Å². The molecular formula is C13H12BrN3S. The summed E-state index contributed by atoms with van der Waals surface area (Å²) >= 11 is 5.27. The molecule has 92 valence electrons. The molecule has 1 atom stereocenters. The second-order valence-corrected chi connectivity index (χ2v) is 5.99. The first-order valence-corrected chi connectivity index (χ1v) is 7.32. The molecule has 0 saturated heterocycles. The van der Waals surface area contributed by atoms with E-state index < -0.39 is 0 Å². The summed E-state index contributed by atoms with van der Waals surface area (Å²) in [5, 5.41) is 6.39. The molecule has 0 bridgehead atoms. The van der Waals surface area contributed by atoms with Gasteiger partial charge in [0.25, 0.3) is 0 Å². The minimum atomic E-state index is -0.0279. The Kier molecular flexibility index (Phi) is 3.20. The second-order valence-electron chi connectivity index (χ2n) is 4.13. The first-order valence-electron chi connectivity index (χ1n) is 5.65. The highest BCUT2D eigenvalue weighted by atomic mass is 79.9. The van der Waals surface area contributed by atoms with E-state index in [1.54, 1.807) is 11.3 Å². The van der Waals surface area contributed by atoms with Crippen molar-refractivity contribution in [2.45, 2.75) is 12.5 Å². The maximum Gasteiger partial charge on any atom is 0.0709 e. The van der Waals surface area contributed by atoms with E-state index in [2.05, 4.69) is 32.5 Å². The molecule has 0 radical (unpaired) electrons. The van der Waals surface area contributed by atoms with Crippen LogP contribution in [-0.4, -0.2) is 9.61 Å². The fourth-order valence-corrected chi connectivity index (χ4v) is 3.59. The molecule has 0 fully saturated rings. The van der Waals surface area contributed by atoms with E-state index in [-0.39, 0.29) is 6.04 Å². The van der Waals surface area contributed by atoms with Gasteiger partial charge in [-0.2, -0.15) is 5.10 Å². The van der Waals surface area contributed by atoms with Gasteiger partial charge in [0.1, 0.15) is 0 Å². The predicted octanol–water partition coefficient (Wildman–Crippen LogP) is 3.40. The molecule has 2 N–H and O–H groups in total. The van der Waals surface area contributed by atoms with Crippen LogP contribution in [0.3, 0.4) is 0 Å². The van der Waals surface area contributed by atoms with Crippen LogP contribution < -0.4 is 5.73 Å². The molecule has 3 aromatic rings. The van der Waals surface area contributed by atoms with Crippen LogP contribution in [0.1, 0.15) is 16.5 Å². The smallest absolute Gasteiger partial charge is 0.0709 e. The van der Waals surface area contributed by atoms with Crippen LogP contribution in [0.25, 0.3) is 5.52 Å². The van der Waals surface area contributed by atoms with Gasteiger partial charge in [-0.25, -0.2) is 4.52 Å². The molecule has 0 aliphatic heterocycles. The molecule has 3 nitrogen and oxygen atoms in total. The number of nitrogens with zero attached hydrogens (tertiary/aromatic N) is 2. The average Bonchev–Trinajstić information content (AvgIpc) is 2.96. The van der Waals surface area contributed by atoms with E-state index in [9.17, 15) is 0 Å². The Bertz CT molecular complexity index is 673. The van der Waals surface area contributed by atoms with Crippen molar-refractivity contribution in [3.05, 3.63) is 57.0 Å². The van der Waals surface area contributed by atoms with Crippen LogP contribution >= 0.6 is 27.3 Å². The monoisotopic (exact) mass is 321 g/mol. The third-order valence-electron chi connectivity index (χ3n) is 2.95. The molecule has 5 heteroatoms. The lowest BCUT2D eigenvalue weighted by Crippen LogP contribution is -2.12. The van der Waals surface area contributed by atoms with Crippen molar-refractivity contribution >= 4 is 32.8 Å². The van der Waals surface area contributed by atoms with E-state index in [1.165, 1.54) is 4.88 Å². The molecule has 0 spiro atoms. The number of pyridine rings is 1. The normalized spacial score (nSPS) is 13.0. The fourth-order valence-electron chi connectivity index (χ4n) is 2.02. The number of hydrogen-bond acceptors (Lipinski definition) is 3. The van der Waals surface area contributed by atoms with Crippen molar-refractivity contribution in [2.24, 2.45) is 5.73 Å². The lowest BCUT2D eigenvalue weighted by atomic mass is 10.1. The van der Waals surface area contributed by atoms with Gasteiger partial charge in [0.2, 0.25) is 0 Å². The van der Waals surface area contributed by atoms with E-state index in [1.807, 2.05) is 35.1 Å². The van der Waals surface area contributed by atoms with E-state index >= 15 is 0 Å². The molecule has 0 saturated carbocycles. The van der Waals surface area contributed by atoms with E-state index in [0.29, 0.717) is 0 Å². The number of hydrogen-bond donors (Lipinski definition) is 1. The largest absolute Gasteiger partial charge is 0.324 e. The summed E-state index contributed by atoms with van der Waals surface area (Å²) in [6.07, 6.45) is 4.63. The van der Waals surface area contributed by atoms with Crippen molar-refractivity contribution in [2.75, 3.05) is 0 Å². The lowest BCUT2D eigenvalue weighted by Gasteiger charge is -2.09. The molecule has 3 rings (SSSR count). The van der Waals surface area contributed by atoms with Crippen LogP contribution in [0.4, 0.5) is 0 Å². The Hall–Kier alpha value is -1.17. The summed E-state index contributed by atoms with van der Waals surface area (Å²) in [6.45, 7) is 0. The summed E-state index contributed by atoms with van der Waals surface area (Å²) in [5.41, 5.74) is 8.47. The first-order chi connectivity index (χ1) is 8.75. The zero-order valence-electron chi connectivity index (χ0n) is 9.58. The van der Waals surface area contributed by atoms with Crippen LogP contribution in [0, 0.1) is 0 Å². The van der Waals surface area contributed by atoms with Crippen LogP contribution in [0.2, 0.25) is 0 Å². The van der Waals surface area contributed by atoms with Gasteiger partial charge in [-0.1, -0.05) is 6.07 Å². The summed E-state index contributed by atoms with van der Waals surface area (Å²) in [7, 11) is 0. The molecule has 0 aliphatic rings. The number of aromatic nitrogens is 2. The van der Waals surface area contributed by atoms with Crippen molar-refractivity contribution in [3.63, 3.8) is 0 Å². The molecule has 3 heterocycles. The van der Waals surface area contributed by atoms with Crippen LogP contribution in [-0.2, 0) is 6.42 Å². The van der Waals surface area contributed by atoms with Crippen molar-refractivity contribution in [1.82, 2.24) is 9.61 Å². The highest BCUT2D eigenvalue weighted by Crippen LogP contribution is 2.28. The highest BCUT2D eigenvalue weighted by Gasteiger charge is 2.14. The Balaban J connectivity index is 1.93. The molecular weight excluding hydrogens is 310 g/mol. The van der Waals surface area contributed by atoms with E-state index in [4.69, 9.17) is 5.73 Å². The van der Waals surface area contributed by atoms with Gasteiger partial charge in [0.05, 0.1) is 11.7 Å². The van der Waals surface area contributed by atoms with Crippen molar-refractivity contribution in [3.8, 4) is 0 Å². The van der Waals surface area contributed by atoms with Gasteiger partial charge in [-0.15, -0.1) is 11.3 Å².